The maximum atomic E-state index is 12.6. The summed E-state index contributed by atoms with van der Waals surface area (Å²) in [6.45, 7) is 5.19. The number of ether oxygens (including phenoxy) is 1. The van der Waals surface area contributed by atoms with Crippen molar-refractivity contribution < 1.29 is 14.3 Å². The van der Waals surface area contributed by atoms with Crippen LogP contribution in [0.3, 0.4) is 0 Å². The monoisotopic (exact) mass is 334 g/mol. The van der Waals surface area contributed by atoms with Gasteiger partial charge >= 0.3 is 6.03 Å². The molecule has 1 aliphatic heterocycles. The lowest BCUT2D eigenvalue weighted by Crippen LogP contribution is -2.46. The number of rotatable bonds is 5. The van der Waals surface area contributed by atoms with Gasteiger partial charge in [-0.15, -0.1) is 0 Å². The molecule has 1 saturated heterocycles. The Morgan fingerprint density at radius 1 is 1.12 bits per heavy atom. The maximum absolute atomic E-state index is 12.6. The van der Waals surface area contributed by atoms with E-state index >= 15 is 0 Å². The van der Waals surface area contributed by atoms with Gasteiger partial charge in [-0.1, -0.05) is 0 Å². The molecule has 132 valence electrons. The number of nitrogens with one attached hydrogen (secondary N) is 3. The van der Waals surface area contributed by atoms with E-state index in [2.05, 4.69) is 16.0 Å². The van der Waals surface area contributed by atoms with E-state index in [9.17, 15) is 9.59 Å². The number of benzene rings is 1. The van der Waals surface area contributed by atoms with Gasteiger partial charge in [-0.3, -0.25) is 4.79 Å². The molecule has 0 aromatic heterocycles. The van der Waals surface area contributed by atoms with Gasteiger partial charge in [0.15, 0.2) is 0 Å². The van der Waals surface area contributed by atoms with Gasteiger partial charge in [-0.2, -0.15) is 0 Å². The van der Waals surface area contributed by atoms with E-state index in [4.69, 9.17) is 10.5 Å². The molecule has 1 aromatic rings. The van der Waals surface area contributed by atoms with Gasteiger partial charge in [0.1, 0.15) is 0 Å². The fourth-order valence-electron chi connectivity index (χ4n) is 2.62. The Labute approximate surface area is 142 Å². The van der Waals surface area contributed by atoms with Crippen LogP contribution in [0.4, 0.5) is 16.2 Å². The summed E-state index contributed by atoms with van der Waals surface area (Å²) in [7, 11) is 0. The molecule has 1 aliphatic rings. The summed E-state index contributed by atoms with van der Waals surface area (Å²) in [5, 5.41) is 8.40. The molecule has 0 spiro atoms. The van der Waals surface area contributed by atoms with E-state index in [1.54, 1.807) is 24.3 Å². The smallest absolute Gasteiger partial charge is 0.319 e. The van der Waals surface area contributed by atoms with Crippen molar-refractivity contribution in [3.63, 3.8) is 0 Å². The van der Waals surface area contributed by atoms with Gasteiger partial charge < -0.3 is 26.4 Å². The van der Waals surface area contributed by atoms with Crippen LogP contribution in [0.1, 0.15) is 26.7 Å². The molecule has 1 fully saturated rings. The highest BCUT2D eigenvalue weighted by atomic mass is 16.5. The molecule has 1 aromatic carbocycles. The molecule has 0 radical (unpaired) electrons. The first kappa shape index (κ1) is 18.2. The first-order chi connectivity index (χ1) is 11.4. The second-order valence-electron chi connectivity index (χ2n) is 6.38. The lowest BCUT2D eigenvalue weighted by atomic mass is 9.79. The van der Waals surface area contributed by atoms with Crippen LogP contribution in [0.15, 0.2) is 24.3 Å². The Hall–Kier alpha value is -2.12. The van der Waals surface area contributed by atoms with Crippen molar-refractivity contribution in [2.45, 2.75) is 32.7 Å². The van der Waals surface area contributed by atoms with Crippen LogP contribution in [-0.4, -0.2) is 37.7 Å². The van der Waals surface area contributed by atoms with Crippen molar-refractivity contribution >= 4 is 23.3 Å². The van der Waals surface area contributed by atoms with E-state index in [1.165, 1.54) is 0 Å². The predicted molar refractivity (Wildman–Crippen MR) is 93.9 cm³/mol. The molecule has 7 nitrogen and oxygen atoms in total. The third-order valence-electron chi connectivity index (χ3n) is 4.14. The normalized spacial score (nSPS) is 16.5. The minimum Gasteiger partial charge on any atom is -0.381 e. The maximum Gasteiger partial charge on any atom is 0.319 e. The molecule has 3 amide bonds. The van der Waals surface area contributed by atoms with Crippen molar-refractivity contribution in [1.82, 2.24) is 5.32 Å². The SMILES string of the molecule is CC(C)NC(=O)Nc1ccc(NC(=O)C2(CN)CCOCC2)cc1. The molecule has 0 aliphatic carbocycles. The third kappa shape index (κ3) is 4.69. The van der Waals surface area contributed by atoms with Crippen LogP contribution in [0.2, 0.25) is 0 Å². The van der Waals surface area contributed by atoms with Crippen LogP contribution < -0.4 is 21.7 Å². The largest absolute Gasteiger partial charge is 0.381 e. The van der Waals surface area contributed by atoms with Crippen LogP contribution in [0, 0.1) is 5.41 Å². The standard InChI is InChI=1S/C17H26N4O3/c1-12(2)19-16(23)21-14-5-3-13(4-6-14)20-15(22)17(11-18)7-9-24-10-8-17/h3-6,12H,7-11,18H2,1-2H3,(H,20,22)(H2,19,21,23). The number of hydrogen-bond donors (Lipinski definition) is 4. The highest BCUT2D eigenvalue weighted by molar-refractivity contribution is 5.96. The highest BCUT2D eigenvalue weighted by Gasteiger charge is 2.38. The molecule has 5 N–H and O–H groups in total. The molecule has 2 rings (SSSR count). The topological polar surface area (TPSA) is 105 Å². The van der Waals surface area contributed by atoms with Crippen LogP contribution >= 0.6 is 0 Å². The van der Waals surface area contributed by atoms with Crippen LogP contribution in [0.25, 0.3) is 0 Å². The van der Waals surface area contributed by atoms with Gasteiger partial charge in [-0.25, -0.2) is 4.79 Å². The minimum absolute atomic E-state index is 0.0653. The quantitative estimate of drug-likeness (QED) is 0.660. The zero-order valence-electron chi connectivity index (χ0n) is 14.2. The average Bonchev–Trinajstić information content (AvgIpc) is 2.56. The van der Waals surface area contributed by atoms with Crippen molar-refractivity contribution in [2.24, 2.45) is 11.1 Å². The Bertz CT molecular complexity index is 566. The molecule has 0 bridgehead atoms. The summed E-state index contributed by atoms with van der Waals surface area (Å²) in [6, 6.07) is 6.81. The van der Waals surface area contributed by atoms with Crippen molar-refractivity contribution in [3.05, 3.63) is 24.3 Å². The summed E-state index contributed by atoms with van der Waals surface area (Å²) in [5.41, 5.74) is 6.61. The van der Waals surface area contributed by atoms with E-state index in [0.717, 1.165) is 0 Å². The number of urea groups is 1. The van der Waals surface area contributed by atoms with Crippen LogP contribution in [0.5, 0.6) is 0 Å². The van der Waals surface area contributed by atoms with Crippen molar-refractivity contribution in [1.29, 1.82) is 0 Å². The number of carbonyl (C=O) groups excluding carboxylic acids is 2. The number of hydrogen-bond acceptors (Lipinski definition) is 4. The van der Waals surface area contributed by atoms with E-state index in [0.29, 0.717) is 44.0 Å². The Morgan fingerprint density at radius 2 is 1.67 bits per heavy atom. The highest BCUT2D eigenvalue weighted by Crippen LogP contribution is 2.31. The van der Waals surface area contributed by atoms with Gasteiger partial charge in [0, 0.05) is 37.2 Å². The number of nitrogens with two attached hydrogens (primary N) is 1. The van der Waals surface area contributed by atoms with Crippen LogP contribution in [-0.2, 0) is 9.53 Å². The molecule has 0 atom stereocenters. The third-order valence-corrected chi connectivity index (χ3v) is 4.14. The van der Waals surface area contributed by atoms with E-state index < -0.39 is 5.41 Å². The first-order valence-corrected chi connectivity index (χ1v) is 8.22. The zero-order valence-corrected chi connectivity index (χ0v) is 14.2. The molecular formula is C17H26N4O3. The Kier molecular flexibility index (Phi) is 6.16. The summed E-state index contributed by atoms with van der Waals surface area (Å²) >= 11 is 0. The second kappa shape index (κ2) is 8.12. The first-order valence-electron chi connectivity index (χ1n) is 8.22. The molecule has 24 heavy (non-hydrogen) atoms. The van der Waals surface area contributed by atoms with Gasteiger partial charge in [-0.05, 0) is 51.0 Å². The molecule has 7 heteroatoms. The van der Waals surface area contributed by atoms with Gasteiger partial charge in [0.05, 0.1) is 5.41 Å². The summed E-state index contributed by atoms with van der Waals surface area (Å²) in [5.74, 6) is -0.0773. The van der Waals surface area contributed by atoms with Gasteiger partial charge in [0.2, 0.25) is 5.91 Å². The Morgan fingerprint density at radius 3 is 2.17 bits per heavy atom. The molecule has 1 heterocycles. The summed E-state index contributed by atoms with van der Waals surface area (Å²) in [6.07, 6.45) is 1.26. The predicted octanol–water partition coefficient (Wildman–Crippen LogP) is 1.91. The number of carbonyl (C=O) groups is 2. The van der Waals surface area contributed by atoms with Gasteiger partial charge in [0.25, 0.3) is 0 Å². The molecule has 0 unspecified atom stereocenters. The summed E-state index contributed by atoms with van der Waals surface area (Å²) < 4.78 is 5.33. The molecular weight excluding hydrogens is 308 g/mol. The second-order valence-corrected chi connectivity index (χ2v) is 6.38. The zero-order chi connectivity index (χ0) is 17.6. The lowest BCUT2D eigenvalue weighted by Gasteiger charge is -2.34. The molecule has 0 saturated carbocycles. The average molecular weight is 334 g/mol. The lowest BCUT2D eigenvalue weighted by molar-refractivity contribution is -0.130. The van der Waals surface area contributed by atoms with E-state index in [1.807, 2.05) is 13.8 Å². The van der Waals surface area contributed by atoms with Crippen molar-refractivity contribution in [2.75, 3.05) is 30.4 Å². The minimum atomic E-state index is -0.563. The fourth-order valence-corrected chi connectivity index (χ4v) is 2.62. The fraction of sp³-hybridized carbons (Fsp3) is 0.529. The number of amides is 3. The Balaban J connectivity index is 1.95. The number of anilines is 2. The van der Waals surface area contributed by atoms with Crippen molar-refractivity contribution in [3.8, 4) is 0 Å². The van der Waals surface area contributed by atoms with E-state index in [-0.39, 0.29) is 18.0 Å². The summed E-state index contributed by atoms with van der Waals surface area (Å²) in [4.78, 5) is 24.2.